The van der Waals surface area contributed by atoms with Gasteiger partial charge in [-0.1, -0.05) is 42.5 Å². The third kappa shape index (κ3) is 7.81. The number of unbranched alkanes of at least 4 members (excludes halogenated alkanes) is 1. The van der Waals surface area contributed by atoms with Gasteiger partial charge in [-0.05, 0) is 57.7 Å². The van der Waals surface area contributed by atoms with Crippen LogP contribution >= 0.6 is 0 Å². The molecular weight excluding hydrogens is 414 g/mol. The van der Waals surface area contributed by atoms with E-state index in [9.17, 15) is 0 Å². The van der Waals surface area contributed by atoms with Crippen molar-refractivity contribution < 1.29 is 18.9 Å². The highest BCUT2D eigenvalue weighted by Gasteiger charge is 2.15. The minimum Gasteiger partial charge on any atom is -0.488 e. The normalized spacial score (nSPS) is 11.8. The van der Waals surface area contributed by atoms with Gasteiger partial charge in [-0.2, -0.15) is 0 Å². The number of methoxy groups -OCH3 is 1. The lowest BCUT2D eigenvalue weighted by Crippen LogP contribution is -2.24. The van der Waals surface area contributed by atoms with E-state index < -0.39 is 0 Å². The van der Waals surface area contributed by atoms with Crippen molar-refractivity contribution in [3.63, 3.8) is 0 Å². The molecule has 0 saturated heterocycles. The topological polar surface area (TPSA) is 49.8 Å². The molecule has 5 heteroatoms. The molecule has 3 aromatic rings. The second-order valence-electron chi connectivity index (χ2n) is 8.89. The van der Waals surface area contributed by atoms with E-state index in [4.69, 9.17) is 23.9 Å². The summed E-state index contributed by atoms with van der Waals surface area (Å²) in [6, 6.07) is 18.3. The molecule has 33 heavy (non-hydrogen) atoms. The predicted molar refractivity (Wildman–Crippen MR) is 133 cm³/mol. The fourth-order valence-electron chi connectivity index (χ4n) is 3.48. The van der Waals surface area contributed by atoms with E-state index in [1.165, 1.54) is 0 Å². The lowest BCUT2D eigenvalue weighted by molar-refractivity contribution is -0.0108. The first-order chi connectivity index (χ1) is 16.0. The maximum atomic E-state index is 6.27. The molecule has 0 fully saturated rings. The lowest BCUT2D eigenvalue weighted by atomic mass is 10.1. The molecule has 1 aromatic heterocycles. The molecule has 0 radical (unpaired) electrons. The molecule has 0 amide bonds. The minimum absolute atomic E-state index is 0.127. The molecule has 0 aliphatic rings. The maximum absolute atomic E-state index is 6.27. The molecule has 3 rings (SSSR count). The molecule has 0 bridgehead atoms. The summed E-state index contributed by atoms with van der Waals surface area (Å²) in [6.07, 6.45) is 2.82. The fourth-order valence-corrected chi connectivity index (χ4v) is 3.48. The number of hydrogen-bond acceptors (Lipinski definition) is 5. The second kappa shape index (κ2) is 12.7. The van der Waals surface area contributed by atoms with Gasteiger partial charge in [0.25, 0.3) is 0 Å². The number of rotatable bonds is 14. The Morgan fingerprint density at radius 1 is 0.818 bits per heavy atom. The van der Waals surface area contributed by atoms with Crippen molar-refractivity contribution in [2.45, 2.75) is 58.8 Å². The van der Waals surface area contributed by atoms with E-state index in [0.29, 0.717) is 26.4 Å². The van der Waals surface area contributed by atoms with Gasteiger partial charge in [0, 0.05) is 37.9 Å². The summed E-state index contributed by atoms with van der Waals surface area (Å²) in [4.78, 5) is 4.84. The van der Waals surface area contributed by atoms with Crippen molar-refractivity contribution in [3.8, 4) is 5.75 Å². The van der Waals surface area contributed by atoms with Crippen molar-refractivity contribution >= 4 is 10.9 Å². The summed E-state index contributed by atoms with van der Waals surface area (Å²) in [5.74, 6) is 0.885. The van der Waals surface area contributed by atoms with E-state index in [0.717, 1.165) is 59.3 Å². The zero-order valence-electron chi connectivity index (χ0n) is 20.4. The number of aromatic nitrogens is 1. The first-order valence-electron chi connectivity index (χ1n) is 11.8. The number of para-hydroxylation sites is 1. The molecule has 0 spiro atoms. The van der Waals surface area contributed by atoms with Crippen LogP contribution in [0.1, 0.15) is 49.9 Å². The van der Waals surface area contributed by atoms with Crippen LogP contribution in [-0.4, -0.2) is 37.5 Å². The van der Waals surface area contributed by atoms with Crippen LogP contribution in [-0.2, 0) is 27.4 Å². The Kier molecular flexibility index (Phi) is 9.67. The fraction of sp³-hybridized carbons (Fsp3) is 0.464. The minimum atomic E-state index is -0.127. The average molecular weight is 452 g/mol. The van der Waals surface area contributed by atoms with Gasteiger partial charge in [-0.15, -0.1) is 0 Å². The summed E-state index contributed by atoms with van der Waals surface area (Å²) in [7, 11) is 1.74. The van der Waals surface area contributed by atoms with Gasteiger partial charge in [-0.25, -0.2) is 4.98 Å². The summed E-state index contributed by atoms with van der Waals surface area (Å²) < 4.78 is 23.3. The van der Waals surface area contributed by atoms with E-state index in [1.54, 1.807) is 7.11 Å². The van der Waals surface area contributed by atoms with E-state index in [1.807, 2.05) is 36.4 Å². The first kappa shape index (κ1) is 25.2. The molecule has 0 saturated carbocycles. The molecule has 0 N–H and O–H groups in total. The lowest BCUT2D eigenvalue weighted by Gasteiger charge is -2.22. The van der Waals surface area contributed by atoms with Gasteiger partial charge in [0.2, 0.25) is 0 Å². The quantitative estimate of drug-likeness (QED) is 0.271. The number of hydrogen-bond donors (Lipinski definition) is 0. The largest absolute Gasteiger partial charge is 0.488 e. The highest BCUT2D eigenvalue weighted by molar-refractivity contribution is 5.86. The molecule has 0 unspecified atom stereocenters. The second-order valence-corrected chi connectivity index (χ2v) is 8.89. The van der Waals surface area contributed by atoms with Gasteiger partial charge in [0.05, 0.1) is 23.4 Å². The Labute approximate surface area is 198 Å². The van der Waals surface area contributed by atoms with E-state index in [-0.39, 0.29) is 5.60 Å². The Hall–Kier alpha value is -2.47. The summed E-state index contributed by atoms with van der Waals surface area (Å²) >= 11 is 0. The smallest absolute Gasteiger partial charge is 0.134 e. The van der Waals surface area contributed by atoms with Crippen LogP contribution in [0.25, 0.3) is 10.9 Å². The molecule has 0 aliphatic carbocycles. The summed E-state index contributed by atoms with van der Waals surface area (Å²) in [6.45, 7) is 9.35. The van der Waals surface area contributed by atoms with Gasteiger partial charge < -0.3 is 18.9 Å². The molecule has 1 heterocycles. The van der Waals surface area contributed by atoms with Gasteiger partial charge in [0.15, 0.2) is 0 Å². The predicted octanol–water partition coefficient (Wildman–Crippen LogP) is 6.25. The third-order valence-corrected chi connectivity index (χ3v) is 5.87. The molecule has 0 atom stereocenters. The Bertz CT molecular complexity index is 988. The molecule has 5 nitrogen and oxygen atoms in total. The van der Waals surface area contributed by atoms with Crippen molar-refractivity contribution in [1.82, 2.24) is 4.98 Å². The Balaban J connectivity index is 1.49. The molecule has 2 aromatic carbocycles. The van der Waals surface area contributed by atoms with Crippen LogP contribution in [0, 0.1) is 6.92 Å². The zero-order valence-corrected chi connectivity index (χ0v) is 20.4. The summed E-state index contributed by atoms with van der Waals surface area (Å²) in [5, 5.41) is 1.03. The average Bonchev–Trinajstić information content (AvgIpc) is 2.83. The number of benzene rings is 2. The Morgan fingerprint density at radius 3 is 2.27 bits per heavy atom. The van der Waals surface area contributed by atoms with Crippen LogP contribution in [0.2, 0.25) is 0 Å². The van der Waals surface area contributed by atoms with E-state index >= 15 is 0 Å². The van der Waals surface area contributed by atoms with Crippen LogP contribution in [0.4, 0.5) is 0 Å². The van der Waals surface area contributed by atoms with Crippen molar-refractivity contribution in [2.24, 2.45) is 0 Å². The van der Waals surface area contributed by atoms with Crippen molar-refractivity contribution in [2.75, 3.05) is 26.9 Å². The maximum Gasteiger partial charge on any atom is 0.134 e. The number of pyridine rings is 1. The van der Waals surface area contributed by atoms with Gasteiger partial charge in [0.1, 0.15) is 12.4 Å². The van der Waals surface area contributed by atoms with Crippen LogP contribution in [0.15, 0.2) is 54.6 Å². The first-order valence-corrected chi connectivity index (χ1v) is 11.8. The summed E-state index contributed by atoms with van der Waals surface area (Å²) in [5.41, 5.74) is 3.90. The molecule has 178 valence electrons. The monoisotopic (exact) mass is 451 g/mol. The third-order valence-electron chi connectivity index (χ3n) is 5.87. The highest BCUT2D eigenvalue weighted by atomic mass is 16.5. The van der Waals surface area contributed by atoms with Crippen LogP contribution in [0.5, 0.6) is 5.75 Å². The SMILES string of the molecule is COC(C)(C)CCOCCCCOCc1nc2ccccc2c(OCc2ccccc2)c1C. The number of fused-ring (bicyclic) bond motifs is 1. The zero-order chi connectivity index (χ0) is 23.5. The van der Waals surface area contributed by atoms with Crippen molar-refractivity contribution in [1.29, 1.82) is 0 Å². The highest BCUT2D eigenvalue weighted by Crippen LogP contribution is 2.31. The van der Waals surface area contributed by atoms with Gasteiger partial charge in [-0.3, -0.25) is 0 Å². The molecular formula is C28H37NO4. The molecule has 0 aliphatic heterocycles. The van der Waals surface area contributed by atoms with Crippen LogP contribution in [0.3, 0.4) is 0 Å². The number of ether oxygens (including phenoxy) is 4. The van der Waals surface area contributed by atoms with Gasteiger partial charge >= 0.3 is 0 Å². The van der Waals surface area contributed by atoms with E-state index in [2.05, 4.69) is 39.0 Å². The Morgan fingerprint density at radius 2 is 1.52 bits per heavy atom. The standard InChI is InChI=1S/C28H37NO4/c1-22-26(21-32-18-11-10-17-31-19-16-28(2,3)30-4)29-25-15-9-8-14-24(25)27(22)33-20-23-12-6-5-7-13-23/h5-9,12-15H,10-11,16-21H2,1-4H3. The number of nitrogens with zero attached hydrogens (tertiary/aromatic N) is 1. The van der Waals surface area contributed by atoms with Crippen molar-refractivity contribution in [3.05, 3.63) is 71.4 Å². The van der Waals surface area contributed by atoms with Crippen LogP contribution < -0.4 is 4.74 Å².